The number of amides is 4. The molecule has 0 bridgehead atoms. The van der Waals surface area contributed by atoms with Crippen molar-refractivity contribution in [1.82, 2.24) is 15.5 Å². The Kier molecular flexibility index (Phi) is 2.83. The van der Waals surface area contributed by atoms with Crippen LogP contribution in [0.15, 0.2) is 24.3 Å². The van der Waals surface area contributed by atoms with Crippen molar-refractivity contribution in [2.75, 3.05) is 13.1 Å². The van der Waals surface area contributed by atoms with Crippen LogP contribution < -0.4 is 10.6 Å². The van der Waals surface area contributed by atoms with Crippen LogP contribution in [0.2, 0.25) is 0 Å². The van der Waals surface area contributed by atoms with Crippen LogP contribution in [0, 0.1) is 6.92 Å². The van der Waals surface area contributed by atoms with Crippen molar-refractivity contribution in [2.24, 2.45) is 0 Å². The molecule has 2 aliphatic heterocycles. The molecule has 1 aliphatic carbocycles. The van der Waals surface area contributed by atoms with E-state index in [1.807, 2.05) is 25.1 Å². The summed E-state index contributed by atoms with van der Waals surface area (Å²) in [6.45, 7) is 2.78. The fourth-order valence-electron chi connectivity index (χ4n) is 3.79. The highest BCUT2D eigenvalue weighted by molar-refractivity contribution is 6.08. The van der Waals surface area contributed by atoms with Crippen molar-refractivity contribution >= 4 is 17.8 Å². The fraction of sp³-hybridized carbons (Fsp3) is 0.471. The monoisotopic (exact) mass is 313 g/mol. The van der Waals surface area contributed by atoms with Crippen molar-refractivity contribution in [1.29, 1.82) is 0 Å². The van der Waals surface area contributed by atoms with Crippen molar-refractivity contribution < 1.29 is 14.4 Å². The van der Waals surface area contributed by atoms with Crippen LogP contribution in [-0.2, 0) is 15.0 Å². The van der Waals surface area contributed by atoms with Crippen molar-refractivity contribution in [3.8, 4) is 0 Å². The van der Waals surface area contributed by atoms with Gasteiger partial charge >= 0.3 is 6.03 Å². The van der Waals surface area contributed by atoms with Crippen molar-refractivity contribution in [2.45, 2.75) is 37.1 Å². The molecule has 0 radical (unpaired) electrons. The number of likely N-dealkylation sites (tertiary alicyclic amines) is 1. The first-order chi connectivity index (χ1) is 11.0. The largest absolute Gasteiger partial charge is 0.339 e. The first-order valence-electron chi connectivity index (χ1n) is 7.95. The van der Waals surface area contributed by atoms with Crippen LogP contribution in [-0.4, -0.2) is 41.4 Å². The van der Waals surface area contributed by atoms with Crippen molar-refractivity contribution in [3.63, 3.8) is 0 Å². The van der Waals surface area contributed by atoms with E-state index in [-0.39, 0.29) is 18.4 Å². The number of hydrogen-bond acceptors (Lipinski definition) is 3. The maximum Gasteiger partial charge on any atom is 0.322 e. The highest BCUT2D eigenvalue weighted by atomic mass is 16.2. The molecule has 1 unspecified atom stereocenters. The van der Waals surface area contributed by atoms with Crippen LogP contribution in [0.4, 0.5) is 4.79 Å². The molecule has 1 aromatic rings. The van der Waals surface area contributed by atoms with E-state index >= 15 is 0 Å². The Hall–Kier alpha value is -2.37. The molecule has 4 rings (SSSR count). The predicted molar refractivity (Wildman–Crippen MR) is 82.7 cm³/mol. The van der Waals surface area contributed by atoms with Crippen LogP contribution in [0.3, 0.4) is 0 Å². The third kappa shape index (κ3) is 2.04. The number of nitrogens with one attached hydrogen (secondary N) is 2. The minimum absolute atomic E-state index is 0.0777. The molecule has 3 fully saturated rings. The van der Waals surface area contributed by atoms with Gasteiger partial charge in [-0.15, -0.1) is 0 Å². The summed E-state index contributed by atoms with van der Waals surface area (Å²) in [7, 11) is 0. The second-order valence-electron chi connectivity index (χ2n) is 6.92. The highest BCUT2D eigenvalue weighted by Gasteiger charge is 2.58. The Morgan fingerprint density at radius 1 is 1.22 bits per heavy atom. The summed E-state index contributed by atoms with van der Waals surface area (Å²) in [5, 5.41) is 4.97. The number of rotatable bonds is 2. The van der Waals surface area contributed by atoms with Gasteiger partial charge in [-0.25, -0.2) is 4.79 Å². The Bertz CT molecular complexity index is 726. The number of urea groups is 1. The number of aryl methyl sites for hydroxylation is 1. The number of benzene rings is 1. The van der Waals surface area contributed by atoms with Gasteiger partial charge in [-0.1, -0.05) is 29.8 Å². The first kappa shape index (κ1) is 14.2. The van der Waals surface area contributed by atoms with Gasteiger partial charge in [0.1, 0.15) is 5.54 Å². The zero-order valence-electron chi connectivity index (χ0n) is 13.0. The lowest BCUT2D eigenvalue weighted by atomic mass is 9.93. The number of hydrogen-bond donors (Lipinski definition) is 2. The Labute approximate surface area is 134 Å². The zero-order chi connectivity index (χ0) is 16.2. The Morgan fingerprint density at radius 2 is 2.00 bits per heavy atom. The molecule has 2 heterocycles. The predicted octanol–water partition coefficient (Wildman–Crippen LogP) is 0.837. The van der Waals surface area contributed by atoms with E-state index in [1.54, 1.807) is 4.90 Å². The third-order valence-electron chi connectivity index (χ3n) is 5.30. The Balaban J connectivity index is 1.57. The van der Waals surface area contributed by atoms with Crippen LogP contribution in [0.1, 0.15) is 30.4 Å². The molecule has 6 nitrogen and oxygen atoms in total. The molecule has 1 atom stereocenters. The van der Waals surface area contributed by atoms with Gasteiger partial charge in [-0.3, -0.25) is 14.9 Å². The molecular weight excluding hydrogens is 294 g/mol. The lowest BCUT2D eigenvalue weighted by Gasteiger charge is -2.25. The molecule has 1 spiro atoms. The van der Waals surface area contributed by atoms with Crippen LogP contribution in [0.5, 0.6) is 0 Å². The molecule has 23 heavy (non-hydrogen) atoms. The molecule has 6 heteroatoms. The Morgan fingerprint density at radius 3 is 2.61 bits per heavy atom. The smallest absolute Gasteiger partial charge is 0.322 e. The number of carbonyl (C=O) groups is 3. The zero-order valence-corrected chi connectivity index (χ0v) is 13.0. The molecule has 2 N–H and O–H groups in total. The molecular formula is C17H19N3O3. The maximum atomic E-state index is 13.1. The van der Waals surface area contributed by atoms with E-state index in [0.717, 1.165) is 24.0 Å². The van der Waals surface area contributed by atoms with Gasteiger partial charge in [-0.05, 0) is 31.7 Å². The maximum absolute atomic E-state index is 13.1. The minimum atomic E-state index is -0.935. The second kappa shape index (κ2) is 4.57. The van der Waals surface area contributed by atoms with Crippen LogP contribution in [0.25, 0.3) is 0 Å². The summed E-state index contributed by atoms with van der Waals surface area (Å²) < 4.78 is 0. The summed E-state index contributed by atoms with van der Waals surface area (Å²) >= 11 is 0. The van der Waals surface area contributed by atoms with Gasteiger partial charge in [-0.2, -0.15) is 0 Å². The van der Waals surface area contributed by atoms with Gasteiger partial charge in [0.05, 0.1) is 12.0 Å². The average Bonchev–Trinajstić information content (AvgIpc) is 3.14. The molecule has 4 amide bonds. The summed E-state index contributed by atoms with van der Waals surface area (Å²) in [4.78, 5) is 38.2. The SMILES string of the molecule is Cc1cccc(C2(C(=O)N3CCC4(C3)NC(=O)NC4=O)CC2)c1. The molecule has 1 aromatic carbocycles. The van der Waals surface area contributed by atoms with Crippen LogP contribution >= 0.6 is 0 Å². The number of nitrogens with zero attached hydrogens (tertiary/aromatic N) is 1. The number of carbonyl (C=O) groups excluding carboxylic acids is 3. The average molecular weight is 313 g/mol. The molecule has 2 saturated heterocycles. The van der Waals surface area contributed by atoms with E-state index in [9.17, 15) is 14.4 Å². The number of imide groups is 1. The highest BCUT2D eigenvalue weighted by Crippen LogP contribution is 2.50. The summed E-state index contributed by atoms with van der Waals surface area (Å²) in [5.41, 5.74) is 0.830. The van der Waals surface area contributed by atoms with Gasteiger partial charge in [0.2, 0.25) is 5.91 Å². The van der Waals surface area contributed by atoms with Gasteiger partial charge < -0.3 is 10.2 Å². The van der Waals surface area contributed by atoms with E-state index in [0.29, 0.717) is 13.0 Å². The quantitative estimate of drug-likeness (QED) is 0.794. The van der Waals surface area contributed by atoms with E-state index in [1.165, 1.54) is 0 Å². The van der Waals surface area contributed by atoms with Gasteiger partial charge in [0.25, 0.3) is 5.91 Å². The fourth-order valence-corrected chi connectivity index (χ4v) is 3.79. The standard InChI is InChI=1S/C17H19N3O3/c1-11-3-2-4-12(9-11)16(5-6-16)14(22)20-8-7-17(10-20)13(21)18-15(23)19-17/h2-4,9H,5-8,10H2,1H3,(H2,18,19,21,23). The van der Waals surface area contributed by atoms with Gasteiger partial charge in [0.15, 0.2) is 0 Å². The second-order valence-corrected chi connectivity index (χ2v) is 6.92. The lowest BCUT2D eigenvalue weighted by Crippen LogP contribution is -2.50. The summed E-state index contributed by atoms with van der Waals surface area (Å²) in [6, 6.07) is 7.61. The third-order valence-corrected chi connectivity index (χ3v) is 5.30. The first-order valence-corrected chi connectivity index (χ1v) is 7.95. The molecule has 0 aromatic heterocycles. The topological polar surface area (TPSA) is 78.5 Å². The molecule has 1 saturated carbocycles. The van der Waals surface area contributed by atoms with E-state index in [2.05, 4.69) is 16.7 Å². The van der Waals surface area contributed by atoms with E-state index < -0.39 is 17.0 Å². The van der Waals surface area contributed by atoms with Gasteiger partial charge in [0, 0.05) is 6.54 Å². The summed E-state index contributed by atoms with van der Waals surface area (Å²) in [5.74, 6) is -0.243. The molecule has 120 valence electrons. The minimum Gasteiger partial charge on any atom is -0.339 e. The lowest BCUT2D eigenvalue weighted by molar-refractivity contribution is -0.133. The van der Waals surface area contributed by atoms with Crippen molar-refractivity contribution in [3.05, 3.63) is 35.4 Å². The molecule has 3 aliphatic rings. The summed E-state index contributed by atoms with van der Waals surface area (Å²) in [6.07, 6.45) is 2.16. The normalized spacial score (nSPS) is 28.0. The van der Waals surface area contributed by atoms with E-state index in [4.69, 9.17) is 0 Å².